The van der Waals surface area contributed by atoms with Crippen molar-refractivity contribution in [3.8, 4) is 0 Å². The van der Waals surface area contributed by atoms with Gasteiger partial charge in [0.15, 0.2) is 0 Å². The van der Waals surface area contributed by atoms with Crippen molar-refractivity contribution in [1.82, 2.24) is 0 Å². The molecule has 0 aromatic heterocycles. The van der Waals surface area contributed by atoms with E-state index in [1.165, 1.54) is 5.56 Å². The van der Waals surface area contributed by atoms with Gasteiger partial charge in [0.25, 0.3) is 0 Å². The first-order valence-corrected chi connectivity index (χ1v) is 9.50. The molecule has 0 radical (unpaired) electrons. The van der Waals surface area contributed by atoms with Crippen LogP contribution in [0.3, 0.4) is 0 Å². The van der Waals surface area contributed by atoms with E-state index in [1.54, 1.807) is 10.8 Å². The molecule has 1 aromatic rings. The summed E-state index contributed by atoms with van der Waals surface area (Å²) in [7, 11) is -1.15. The first kappa shape index (κ1) is 11.4. The molecule has 0 fully saturated rings. The SMILES string of the molecule is C[Si](C)(C)C1=C(Cc2ccccc2)CC=C1. The van der Waals surface area contributed by atoms with E-state index < -0.39 is 8.07 Å². The monoisotopic (exact) mass is 228 g/mol. The van der Waals surface area contributed by atoms with Crippen molar-refractivity contribution >= 4 is 8.07 Å². The predicted octanol–water partition coefficient (Wildman–Crippen LogP) is 4.36. The molecule has 0 nitrogen and oxygen atoms in total. The van der Waals surface area contributed by atoms with Crippen LogP contribution in [0, 0.1) is 0 Å². The molecule has 1 aliphatic carbocycles. The molecule has 1 aliphatic rings. The molecular formula is C15H20Si. The van der Waals surface area contributed by atoms with Crippen molar-refractivity contribution < 1.29 is 0 Å². The molecule has 0 atom stereocenters. The minimum Gasteiger partial charge on any atom is -0.0806 e. The van der Waals surface area contributed by atoms with Crippen LogP contribution in [0.1, 0.15) is 12.0 Å². The summed E-state index contributed by atoms with van der Waals surface area (Å²) in [6.45, 7) is 7.30. The molecule has 0 heterocycles. The van der Waals surface area contributed by atoms with Gasteiger partial charge in [-0.2, -0.15) is 0 Å². The zero-order chi connectivity index (χ0) is 11.6. The molecule has 0 saturated carbocycles. The summed E-state index contributed by atoms with van der Waals surface area (Å²) in [5, 5.41) is 1.66. The largest absolute Gasteiger partial charge is 0.0806 e. The molecule has 84 valence electrons. The minimum absolute atomic E-state index is 1.13. The first-order valence-electron chi connectivity index (χ1n) is 6.00. The third kappa shape index (κ3) is 2.53. The van der Waals surface area contributed by atoms with E-state index in [-0.39, 0.29) is 0 Å². The molecule has 0 amide bonds. The van der Waals surface area contributed by atoms with Gasteiger partial charge in [0.05, 0.1) is 8.07 Å². The molecule has 0 bridgehead atoms. The van der Waals surface area contributed by atoms with Gasteiger partial charge in [0.2, 0.25) is 0 Å². The first-order chi connectivity index (χ1) is 7.57. The quantitative estimate of drug-likeness (QED) is 0.674. The molecule has 1 aromatic carbocycles. The Hall–Kier alpha value is -1.08. The van der Waals surface area contributed by atoms with Crippen LogP contribution in [0.15, 0.2) is 53.3 Å². The van der Waals surface area contributed by atoms with E-state index >= 15 is 0 Å². The Bertz CT molecular complexity index is 418. The summed E-state index contributed by atoms with van der Waals surface area (Å²) >= 11 is 0. The Morgan fingerprint density at radius 1 is 1.06 bits per heavy atom. The van der Waals surface area contributed by atoms with Crippen LogP contribution in [-0.4, -0.2) is 8.07 Å². The van der Waals surface area contributed by atoms with Gasteiger partial charge in [-0.25, -0.2) is 0 Å². The lowest BCUT2D eigenvalue weighted by Gasteiger charge is -2.19. The van der Waals surface area contributed by atoms with Crippen molar-refractivity contribution in [1.29, 1.82) is 0 Å². The Kier molecular flexibility index (Phi) is 3.15. The minimum atomic E-state index is -1.15. The fourth-order valence-corrected chi connectivity index (χ4v) is 4.21. The van der Waals surface area contributed by atoms with Gasteiger partial charge in [-0.05, 0) is 18.4 Å². The number of allylic oxidation sites excluding steroid dienone is 4. The summed E-state index contributed by atoms with van der Waals surface area (Å²) in [6, 6.07) is 10.8. The second-order valence-electron chi connectivity index (χ2n) is 5.54. The molecule has 0 saturated heterocycles. The van der Waals surface area contributed by atoms with E-state index in [2.05, 4.69) is 62.1 Å². The third-order valence-electron chi connectivity index (χ3n) is 3.10. The number of hydrogen-bond acceptors (Lipinski definition) is 0. The van der Waals surface area contributed by atoms with Crippen LogP contribution in [0.4, 0.5) is 0 Å². The molecule has 0 unspecified atom stereocenters. The van der Waals surface area contributed by atoms with Gasteiger partial charge in [0.1, 0.15) is 0 Å². The average molecular weight is 228 g/mol. The number of hydrogen-bond donors (Lipinski definition) is 0. The van der Waals surface area contributed by atoms with Crippen molar-refractivity contribution in [2.75, 3.05) is 0 Å². The van der Waals surface area contributed by atoms with E-state index in [1.807, 2.05) is 0 Å². The number of rotatable bonds is 3. The summed E-state index contributed by atoms with van der Waals surface area (Å²) in [6.07, 6.45) is 6.98. The maximum atomic E-state index is 2.43. The maximum absolute atomic E-state index is 2.43. The van der Waals surface area contributed by atoms with Crippen molar-refractivity contribution in [3.05, 3.63) is 58.8 Å². The second kappa shape index (κ2) is 4.42. The lowest BCUT2D eigenvalue weighted by atomic mass is 10.0. The Morgan fingerprint density at radius 3 is 2.38 bits per heavy atom. The Morgan fingerprint density at radius 2 is 1.75 bits per heavy atom. The Labute approximate surface area is 99.7 Å². The molecule has 0 spiro atoms. The summed E-state index contributed by atoms with van der Waals surface area (Å²) in [4.78, 5) is 0. The summed E-state index contributed by atoms with van der Waals surface area (Å²) in [5.41, 5.74) is 3.09. The fourth-order valence-electron chi connectivity index (χ4n) is 2.34. The Balaban J connectivity index is 2.23. The molecule has 16 heavy (non-hydrogen) atoms. The summed E-state index contributed by atoms with van der Waals surface area (Å²) in [5.74, 6) is 0. The highest BCUT2D eigenvalue weighted by atomic mass is 28.3. The highest BCUT2D eigenvalue weighted by Crippen LogP contribution is 2.29. The highest BCUT2D eigenvalue weighted by molar-refractivity contribution is 6.83. The molecular weight excluding hydrogens is 208 g/mol. The molecule has 1 heteroatoms. The van der Waals surface area contributed by atoms with Crippen molar-refractivity contribution in [3.63, 3.8) is 0 Å². The van der Waals surface area contributed by atoms with Gasteiger partial charge in [-0.3, -0.25) is 0 Å². The summed E-state index contributed by atoms with van der Waals surface area (Å²) < 4.78 is 0. The van der Waals surface area contributed by atoms with Crippen LogP contribution in [-0.2, 0) is 6.42 Å². The smallest absolute Gasteiger partial charge is 0.0775 e. The topological polar surface area (TPSA) is 0 Å². The van der Waals surface area contributed by atoms with E-state index in [0.29, 0.717) is 0 Å². The normalized spacial score (nSPS) is 15.9. The third-order valence-corrected chi connectivity index (χ3v) is 5.23. The second-order valence-corrected chi connectivity index (χ2v) is 10.6. The van der Waals surface area contributed by atoms with Crippen molar-refractivity contribution in [2.24, 2.45) is 0 Å². The fraction of sp³-hybridized carbons (Fsp3) is 0.333. The van der Waals surface area contributed by atoms with Crippen LogP contribution in [0.25, 0.3) is 0 Å². The highest BCUT2D eigenvalue weighted by Gasteiger charge is 2.23. The van der Waals surface area contributed by atoms with Crippen LogP contribution in [0.5, 0.6) is 0 Å². The predicted molar refractivity (Wildman–Crippen MR) is 74.3 cm³/mol. The molecule has 2 rings (SSSR count). The zero-order valence-electron chi connectivity index (χ0n) is 10.5. The lowest BCUT2D eigenvalue weighted by molar-refractivity contribution is 1.08. The lowest BCUT2D eigenvalue weighted by Crippen LogP contribution is -2.23. The van der Waals surface area contributed by atoms with Crippen LogP contribution in [0.2, 0.25) is 19.6 Å². The van der Waals surface area contributed by atoms with E-state index in [9.17, 15) is 0 Å². The number of benzene rings is 1. The maximum Gasteiger partial charge on any atom is 0.0775 e. The molecule has 0 N–H and O–H groups in total. The van der Waals surface area contributed by atoms with E-state index in [4.69, 9.17) is 0 Å². The van der Waals surface area contributed by atoms with Gasteiger partial charge < -0.3 is 0 Å². The molecule has 0 aliphatic heterocycles. The van der Waals surface area contributed by atoms with Crippen molar-refractivity contribution in [2.45, 2.75) is 32.5 Å². The zero-order valence-corrected chi connectivity index (χ0v) is 11.5. The van der Waals surface area contributed by atoms with Gasteiger partial charge in [-0.15, -0.1) is 0 Å². The van der Waals surface area contributed by atoms with Gasteiger partial charge in [-0.1, -0.05) is 72.9 Å². The van der Waals surface area contributed by atoms with Gasteiger partial charge in [0, 0.05) is 0 Å². The van der Waals surface area contributed by atoms with Gasteiger partial charge >= 0.3 is 0 Å². The average Bonchev–Trinajstić information content (AvgIpc) is 2.67. The van der Waals surface area contributed by atoms with E-state index in [0.717, 1.165) is 12.8 Å². The standard InChI is InChI=1S/C15H20Si/c1-16(2,3)15-11-7-10-14(15)12-13-8-5-4-6-9-13/h4-9,11H,10,12H2,1-3H3. The van der Waals surface area contributed by atoms with Crippen LogP contribution < -0.4 is 0 Å². The van der Waals surface area contributed by atoms with Crippen LogP contribution >= 0.6 is 0 Å².